The van der Waals surface area contributed by atoms with Crippen LogP contribution in [0.1, 0.15) is 33.2 Å². The zero-order valence-corrected chi connectivity index (χ0v) is 17.4. The Labute approximate surface area is 179 Å². The van der Waals surface area contributed by atoms with Crippen molar-refractivity contribution in [2.24, 2.45) is 0 Å². The third-order valence-electron chi connectivity index (χ3n) is 5.58. The van der Waals surface area contributed by atoms with Crippen LogP contribution in [0.15, 0.2) is 72.4 Å². The maximum absolute atomic E-state index is 13.3. The van der Waals surface area contributed by atoms with Gasteiger partial charge in [0.1, 0.15) is 5.75 Å². The van der Waals surface area contributed by atoms with Gasteiger partial charge in [-0.2, -0.15) is 0 Å². The molecular weight excluding hydrogens is 394 g/mol. The summed E-state index contributed by atoms with van der Waals surface area (Å²) in [6.45, 7) is 1.13. The number of aromatic amines is 1. The molecule has 0 spiro atoms. The molecule has 5 rings (SSSR count). The number of benzene rings is 2. The Kier molecular flexibility index (Phi) is 4.85. The average Bonchev–Trinajstić information content (AvgIpc) is 3.50. The molecule has 5 nitrogen and oxygen atoms in total. The second-order valence-corrected chi connectivity index (χ2v) is 8.28. The van der Waals surface area contributed by atoms with Crippen molar-refractivity contribution in [1.29, 1.82) is 0 Å². The second-order valence-electron chi connectivity index (χ2n) is 7.33. The van der Waals surface area contributed by atoms with Crippen molar-refractivity contribution in [1.82, 2.24) is 14.9 Å². The van der Waals surface area contributed by atoms with Crippen molar-refractivity contribution >= 4 is 17.2 Å². The van der Waals surface area contributed by atoms with Gasteiger partial charge in [0.05, 0.1) is 31.4 Å². The minimum atomic E-state index is 0.0280. The molecule has 2 aromatic heterocycles. The molecule has 0 aliphatic carbocycles. The summed E-state index contributed by atoms with van der Waals surface area (Å²) in [5.41, 5.74) is 4.96. The number of carbonyl (C=O) groups is 1. The third kappa shape index (κ3) is 3.39. The predicted molar refractivity (Wildman–Crippen MR) is 118 cm³/mol. The predicted octanol–water partition coefficient (Wildman–Crippen LogP) is 4.93. The molecule has 6 heteroatoms. The van der Waals surface area contributed by atoms with Crippen molar-refractivity contribution in [2.75, 3.05) is 13.7 Å². The van der Waals surface area contributed by atoms with Gasteiger partial charge in [0, 0.05) is 22.9 Å². The van der Waals surface area contributed by atoms with E-state index in [2.05, 4.69) is 21.4 Å². The summed E-state index contributed by atoms with van der Waals surface area (Å²) >= 11 is 1.70. The van der Waals surface area contributed by atoms with Gasteiger partial charge in [-0.1, -0.05) is 30.3 Å². The highest BCUT2D eigenvalue weighted by Gasteiger charge is 2.31. The molecule has 1 amide bonds. The largest absolute Gasteiger partial charge is 0.497 e. The van der Waals surface area contributed by atoms with Gasteiger partial charge in [-0.25, -0.2) is 4.98 Å². The van der Waals surface area contributed by atoms with Crippen molar-refractivity contribution in [3.63, 3.8) is 0 Å². The number of nitrogens with one attached hydrogen (secondary N) is 1. The Morgan fingerprint density at radius 2 is 1.93 bits per heavy atom. The van der Waals surface area contributed by atoms with Crippen LogP contribution < -0.4 is 4.74 Å². The van der Waals surface area contributed by atoms with E-state index in [-0.39, 0.29) is 11.8 Å². The molecule has 0 radical (unpaired) electrons. The van der Waals surface area contributed by atoms with Crippen LogP contribution >= 0.6 is 11.3 Å². The number of hydrogen-bond acceptors (Lipinski definition) is 4. The lowest BCUT2D eigenvalue weighted by molar-refractivity contribution is 0.0722. The fraction of sp³-hybridized carbons (Fsp3) is 0.167. The summed E-state index contributed by atoms with van der Waals surface area (Å²) in [5.74, 6) is 0.877. The van der Waals surface area contributed by atoms with Crippen molar-refractivity contribution in [2.45, 2.75) is 12.5 Å². The van der Waals surface area contributed by atoms with E-state index < -0.39 is 0 Å². The smallest absolute Gasteiger partial charge is 0.254 e. The summed E-state index contributed by atoms with van der Waals surface area (Å²) in [4.78, 5) is 24.1. The van der Waals surface area contributed by atoms with Gasteiger partial charge >= 0.3 is 0 Å². The van der Waals surface area contributed by atoms with Gasteiger partial charge < -0.3 is 14.6 Å². The van der Waals surface area contributed by atoms with Crippen LogP contribution in [-0.2, 0) is 6.54 Å². The van der Waals surface area contributed by atoms with Gasteiger partial charge in [0.15, 0.2) is 0 Å². The number of nitrogens with zero attached hydrogens (tertiary/aromatic N) is 2. The minimum Gasteiger partial charge on any atom is -0.497 e. The Morgan fingerprint density at radius 1 is 1.13 bits per heavy atom. The summed E-state index contributed by atoms with van der Waals surface area (Å²) in [6, 6.07) is 20.0. The fourth-order valence-corrected chi connectivity index (χ4v) is 4.71. The van der Waals surface area contributed by atoms with Gasteiger partial charge in [-0.15, -0.1) is 11.3 Å². The van der Waals surface area contributed by atoms with E-state index >= 15 is 0 Å². The average molecular weight is 416 g/mol. The standard InChI is InChI=1S/C24H21N3O2S/c1-29-19-10-8-16(9-11-19)20-13-27(14-21-23(20)26-15-25-21)24(28)18-6-4-17(5-7-18)22-3-2-12-30-22/h2-12,15,20H,13-14H2,1H3,(H,25,26). The Morgan fingerprint density at radius 3 is 2.63 bits per heavy atom. The zero-order chi connectivity index (χ0) is 20.5. The summed E-state index contributed by atoms with van der Waals surface area (Å²) in [5, 5.41) is 2.06. The molecule has 1 N–H and O–H groups in total. The summed E-state index contributed by atoms with van der Waals surface area (Å²) < 4.78 is 5.28. The summed E-state index contributed by atoms with van der Waals surface area (Å²) in [7, 11) is 1.66. The van der Waals surface area contributed by atoms with Crippen LogP contribution in [0.3, 0.4) is 0 Å². The molecule has 1 atom stereocenters. The lowest BCUT2D eigenvalue weighted by atomic mass is 9.90. The van der Waals surface area contributed by atoms with E-state index in [0.717, 1.165) is 28.3 Å². The quantitative estimate of drug-likeness (QED) is 0.514. The topological polar surface area (TPSA) is 58.2 Å². The summed E-state index contributed by atoms with van der Waals surface area (Å²) in [6.07, 6.45) is 1.71. The number of aromatic nitrogens is 2. The van der Waals surface area contributed by atoms with E-state index in [1.165, 1.54) is 4.88 Å². The molecule has 0 saturated carbocycles. The lowest BCUT2D eigenvalue weighted by Gasteiger charge is -2.32. The number of rotatable bonds is 4. The molecule has 0 bridgehead atoms. The van der Waals surface area contributed by atoms with E-state index in [4.69, 9.17) is 4.74 Å². The van der Waals surface area contributed by atoms with Crippen molar-refractivity contribution in [3.8, 4) is 16.2 Å². The number of H-pyrrole nitrogens is 1. The van der Waals surface area contributed by atoms with Crippen molar-refractivity contribution in [3.05, 3.63) is 94.9 Å². The maximum Gasteiger partial charge on any atom is 0.254 e. The minimum absolute atomic E-state index is 0.0280. The van der Waals surface area contributed by atoms with Gasteiger partial charge in [0.2, 0.25) is 0 Å². The van der Waals surface area contributed by atoms with Gasteiger partial charge in [0.25, 0.3) is 5.91 Å². The Balaban J connectivity index is 1.41. The molecule has 0 saturated heterocycles. The highest BCUT2D eigenvalue weighted by atomic mass is 32.1. The van der Waals surface area contributed by atoms with Crippen LogP contribution in [0, 0.1) is 0 Å². The molecule has 30 heavy (non-hydrogen) atoms. The van der Waals surface area contributed by atoms with Crippen LogP contribution in [0.5, 0.6) is 5.75 Å². The van der Waals surface area contributed by atoms with Crippen LogP contribution in [0.25, 0.3) is 10.4 Å². The molecule has 0 fully saturated rings. The molecule has 1 aliphatic heterocycles. The molecule has 150 valence electrons. The van der Waals surface area contributed by atoms with Crippen LogP contribution in [-0.4, -0.2) is 34.4 Å². The Hall–Kier alpha value is -3.38. The third-order valence-corrected chi connectivity index (χ3v) is 6.50. The van der Waals surface area contributed by atoms with Gasteiger partial charge in [-0.05, 0) is 46.8 Å². The normalized spacial score (nSPS) is 15.6. The molecular formula is C24H21N3O2S. The van der Waals surface area contributed by atoms with E-state index in [9.17, 15) is 4.79 Å². The number of amides is 1. The maximum atomic E-state index is 13.3. The molecule has 4 aromatic rings. The van der Waals surface area contributed by atoms with Crippen LogP contribution in [0.4, 0.5) is 0 Å². The monoisotopic (exact) mass is 415 g/mol. The number of methoxy groups -OCH3 is 1. The number of fused-ring (bicyclic) bond motifs is 1. The van der Waals surface area contributed by atoms with E-state index in [1.807, 2.05) is 59.5 Å². The first-order valence-corrected chi connectivity index (χ1v) is 10.7. The molecule has 1 aliphatic rings. The SMILES string of the molecule is COc1ccc(C2CN(C(=O)c3ccc(-c4cccs4)cc3)Cc3[nH]cnc32)cc1. The van der Waals surface area contributed by atoms with E-state index in [1.54, 1.807) is 24.8 Å². The first-order valence-electron chi connectivity index (χ1n) is 9.82. The number of carbonyl (C=O) groups excluding carboxylic acids is 1. The Bertz CT molecular complexity index is 1150. The van der Waals surface area contributed by atoms with Crippen molar-refractivity contribution < 1.29 is 9.53 Å². The molecule has 3 heterocycles. The second kappa shape index (κ2) is 7.80. The lowest BCUT2D eigenvalue weighted by Crippen LogP contribution is -2.38. The number of ether oxygens (including phenoxy) is 1. The highest BCUT2D eigenvalue weighted by molar-refractivity contribution is 7.13. The van der Waals surface area contributed by atoms with E-state index in [0.29, 0.717) is 18.7 Å². The first-order chi connectivity index (χ1) is 14.7. The number of hydrogen-bond donors (Lipinski definition) is 1. The van der Waals surface area contributed by atoms with Gasteiger partial charge in [-0.3, -0.25) is 4.79 Å². The zero-order valence-electron chi connectivity index (χ0n) is 16.5. The fourth-order valence-electron chi connectivity index (χ4n) is 3.98. The van der Waals surface area contributed by atoms with Crippen LogP contribution in [0.2, 0.25) is 0 Å². The number of thiophene rings is 1. The highest BCUT2D eigenvalue weighted by Crippen LogP contribution is 2.33. The molecule has 2 aromatic carbocycles. The first kappa shape index (κ1) is 18.6. The number of imidazole rings is 1. The molecule has 1 unspecified atom stereocenters.